The number of carboxylic acids is 1. The third-order valence-corrected chi connectivity index (χ3v) is 6.86. The van der Waals surface area contributed by atoms with Crippen LogP contribution in [0.15, 0.2) is 0 Å². The van der Waals surface area contributed by atoms with Crippen molar-refractivity contribution in [1.82, 2.24) is 10.6 Å². The molecule has 19 heteroatoms. The van der Waals surface area contributed by atoms with Crippen LogP contribution in [0.25, 0.3) is 0 Å². The third-order valence-electron chi connectivity index (χ3n) is 6.86. The first-order chi connectivity index (χ1) is 19.2. The lowest BCUT2D eigenvalue weighted by Gasteiger charge is -2.48. The van der Waals surface area contributed by atoms with E-state index in [4.69, 9.17) is 23.7 Å². The molecule has 3 aliphatic heterocycles. The van der Waals surface area contributed by atoms with E-state index in [2.05, 4.69) is 10.6 Å². The number of aliphatic carboxylic acids is 1. The van der Waals surface area contributed by atoms with Crippen LogP contribution < -0.4 is 10.6 Å². The van der Waals surface area contributed by atoms with Crippen LogP contribution in [0, 0.1) is 0 Å². The van der Waals surface area contributed by atoms with Gasteiger partial charge in [-0.3, -0.25) is 9.59 Å². The summed E-state index contributed by atoms with van der Waals surface area (Å²) in [5.74, 6) is -3.17. The molecule has 3 saturated heterocycles. The molecule has 3 heterocycles. The molecule has 0 spiro atoms. The van der Waals surface area contributed by atoms with Gasteiger partial charge in [0, 0.05) is 13.8 Å². The Morgan fingerprint density at radius 1 is 0.659 bits per heavy atom. The molecule has 236 valence electrons. The smallest absolute Gasteiger partial charge is 0.335 e. The van der Waals surface area contributed by atoms with E-state index in [1.54, 1.807) is 0 Å². The lowest BCUT2D eigenvalue weighted by molar-refractivity contribution is -0.356. The standard InChI is InChI=1S/C22H36N2O17/c1-5(27)23-9-12(30)16(8(4-26)37-20(9)36)39-21-10(24-6(2)28)13(31)17(18(41-21)19(34)35)40-22-15(33)14(32)11(29)7(3-25)38-22/h7-18,20-22,25-26,29-33,36H,3-4H2,1-2H3,(H,23,27)(H,24,28)(H,34,35)/t7-,8-,9-,10+,11+,12-,13-,14+,15-,16-,17+,18-,20-,21-,22-/m1/s1. The van der Waals surface area contributed by atoms with Gasteiger partial charge in [-0.05, 0) is 0 Å². The Hall–Kier alpha value is -2.11. The van der Waals surface area contributed by atoms with Crippen LogP contribution >= 0.6 is 0 Å². The van der Waals surface area contributed by atoms with Crippen molar-refractivity contribution in [1.29, 1.82) is 0 Å². The number of ether oxygens (including phenoxy) is 5. The number of carbonyl (C=O) groups excluding carboxylic acids is 2. The van der Waals surface area contributed by atoms with E-state index in [0.29, 0.717) is 0 Å². The van der Waals surface area contributed by atoms with Crippen molar-refractivity contribution in [2.75, 3.05) is 13.2 Å². The fraction of sp³-hybridized carbons (Fsp3) is 0.864. The Labute approximate surface area is 232 Å². The summed E-state index contributed by atoms with van der Waals surface area (Å²) in [6.45, 7) is 0.469. The minimum Gasteiger partial charge on any atom is -0.479 e. The van der Waals surface area contributed by atoms with Crippen LogP contribution in [0.1, 0.15) is 13.8 Å². The van der Waals surface area contributed by atoms with Crippen molar-refractivity contribution in [3.8, 4) is 0 Å². The van der Waals surface area contributed by atoms with Gasteiger partial charge < -0.3 is 80.3 Å². The van der Waals surface area contributed by atoms with Crippen LogP contribution in [0.2, 0.25) is 0 Å². The highest BCUT2D eigenvalue weighted by Gasteiger charge is 2.55. The minimum atomic E-state index is -2.11. The first-order valence-corrected chi connectivity index (χ1v) is 12.6. The number of nitrogens with one attached hydrogen (secondary N) is 2. The molecular weight excluding hydrogens is 564 g/mol. The van der Waals surface area contributed by atoms with Crippen LogP contribution in [-0.4, -0.2) is 169 Å². The van der Waals surface area contributed by atoms with Crippen molar-refractivity contribution in [2.45, 2.75) is 106 Å². The minimum absolute atomic E-state index is 0.669. The Balaban J connectivity index is 1.90. The second kappa shape index (κ2) is 13.9. The molecule has 11 N–H and O–H groups in total. The molecule has 19 nitrogen and oxygen atoms in total. The van der Waals surface area contributed by atoms with E-state index in [9.17, 15) is 60.3 Å². The van der Waals surface area contributed by atoms with E-state index in [-0.39, 0.29) is 0 Å². The van der Waals surface area contributed by atoms with Gasteiger partial charge in [0.25, 0.3) is 0 Å². The molecule has 0 aromatic carbocycles. The highest BCUT2D eigenvalue weighted by atomic mass is 16.7. The molecule has 0 aromatic heterocycles. The Morgan fingerprint density at radius 2 is 1.20 bits per heavy atom. The van der Waals surface area contributed by atoms with Gasteiger partial charge in [0.15, 0.2) is 25.0 Å². The predicted octanol–water partition coefficient (Wildman–Crippen LogP) is -7.19. The Morgan fingerprint density at radius 3 is 1.73 bits per heavy atom. The zero-order valence-corrected chi connectivity index (χ0v) is 21.9. The van der Waals surface area contributed by atoms with Gasteiger partial charge in [0.05, 0.1) is 13.2 Å². The lowest BCUT2D eigenvalue weighted by Crippen LogP contribution is -2.70. The fourth-order valence-electron chi connectivity index (χ4n) is 4.84. The van der Waals surface area contributed by atoms with E-state index >= 15 is 0 Å². The quantitative estimate of drug-likeness (QED) is 0.117. The fourth-order valence-corrected chi connectivity index (χ4v) is 4.84. The molecule has 0 aliphatic carbocycles. The first kappa shape index (κ1) is 33.4. The number of carbonyl (C=O) groups is 3. The van der Waals surface area contributed by atoms with Crippen molar-refractivity contribution >= 4 is 17.8 Å². The Bertz CT molecular complexity index is 925. The van der Waals surface area contributed by atoms with Gasteiger partial charge in [-0.2, -0.15) is 0 Å². The summed E-state index contributed by atoms with van der Waals surface area (Å²) in [4.78, 5) is 35.7. The van der Waals surface area contributed by atoms with Gasteiger partial charge in [-0.15, -0.1) is 0 Å². The van der Waals surface area contributed by atoms with Gasteiger partial charge >= 0.3 is 5.97 Å². The molecule has 41 heavy (non-hydrogen) atoms. The van der Waals surface area contributed by atoms with E-state index in [1.165, 1.54) is 0 Å². The molecule has 0 saturated carbocycles. The second-order valence-electron chi connectivity index (χ2n) is 9.84. The summed E-state index contributed by atoms with van der Waals surface area (Å²) < 4.78 is 27.1. The topological polar surface area (TPSA) is 303 Å². The van der Waals surface area contributed by atoms with E-state index < -0.39 is 123 Å². The second-order valence-corrected chi connectivity index (χ2v) is 9.84. The molecule has 0 radical (unpaired) electrons. The number of carboxylic acid groups (broad SMARTS) is 1. The van der Waals surface area contributed by atoms with Crippen molar-refractivity contribution in [2.24, 2.45) is 0 Å². The zero-order chi connectivity index (χ0) is 30.8. The highest BCUT2D eigenvalue weighted by molar-refractivity contribution is 5.75. The highest BCUT2D eigenvalue weighted by Crippen LogP contribution is 2.32. The average molecular weight is 601 g/mol. The average Bonchev–Trinajstić information content (AvgIpc) is 2.90. The number of rotatable bonds is 9. The molecule has 2 amide bonds. The van der Waals surface area contributed by atoms with Crippen LogP contribution in [0.3, 0.4) is 0 Å². The molecule has 3 aliphatic rings. The largest absolute Gasteiger partial charge is 0.479 e. The SMILES string of the molecule is CC(=O)N[C@@H]1[C@H](O[C@H]2[C@H](O)[C@@H](NC(C)=O)[C@H](O)O[C@@H]2CO)O[C@@H](C(=O)O)[C@@H](O[C@H]2O[C@H](CO)[C@H](O)[C@H](O)[C@H]2O)[C@@H]1O. The van der Waals surface area contributed by atoms with Gasteiger partial charge in [-0.25, -0.2) is 4.79 Å². The maximum Gasteiger partial charge on any atom is 0.335 e. The summed E-state index contributed by atoms with van der Waals surface area (Å²) in [6.07, 6.45) is -23.5. The summed E-state index contributed by atoms with van der Waals surface area (Å²) in [7, 11) is 0. The number of hydrogen-bond donors (Lipinski definition) is 11. The molecule has 0 bridgehead atoms. The molecule has 3 rings (SSSR count). The number of hydrogen-bond acceptors (Lipinski definition) is 16. The normalized spacial score (nSPS) is 45.1. The van der Waals surface area contributed by atoms with Crippen LogP contribution in [-0.2, 0) is 38.1 Å². The van der Waals surface area contributed by atoms with Crippen LogP contribution in [0.4, 0.5) is 0 Å². The Kier molecular flexibility index (Phi) is 11.3. The van der Waals surface area contributed by atoms with Crippen molar-refractivity contribution in [3.05, 3.63) is 0 Å². The molecule has 0 aromatic rings. The molecule has 3 fully saturated rings. The maximum absolute atomic E-state index is 12.2. The number of aliphatic hydroxyl groups is 8. The van der Waals surface area contributed by atoms with E-state index in [0.717, 1.165) is 13.8 Å². The maximum atomic E-state index is 12.2. The molecular formula is C22H36N2O17. The van der Waals surface area contributed by atoms with Crippen molar-refractivity contribution in [3.63, 3.8) is 0 Å². The number of amides is 2. The van der Waals surface area contributed by atoms with Gasteiger partial charge in [0.2, 0.25) is 11.8 Å². The molecule has 15 atom stereocenters. The summed E-state index contributed by atoms with van der Waals surface area (Å²) in [5.41, 5.74) is 0. The summed E-state index contributed by atoms with van der Waals surface area (Å²) in [5, 5.41) is 96.0. The lowest BCUT2D eigenvalue weighted by atomic mass is 9.94. The van der Waals surface area contributed by atoms with Crippen LogP contribution in [0.5, 0.6) is 0 Å². The zero-order valence-electron chi connectivity index (χ0n) is 21.9. The van der Waals surface area contributed by atoms with Gasteiger partial charge in [-0.1, -0.05) is 0 Å². The van der Waals surface area contributed by atoms with Crippen molar-refractivity contribution < 1.29 is 84.0 Å². The van der Waals surface area contributed by atoms with Gasteiger partial charge in [0.1, 0.15) is 67.0 Å². The summed E-state index contributed by atoms with van der Waals surface area (Å²) in [6, 6.07) is -3.11. The van der Waals surface area contributed by atoms with E-state index in [1.807, 2.05) is 0 Å². The third kappa shape index (κ3) is 7.28. The monoisotopic (exact) mass is 600 g/mol. The first-order valence-electron chi connectivity index (χ1n) is 12.6. The number of aliphatic hydroxyl groups excluding tert-OH is 8. The predicted molar refractivity (Wildman–Crippen MR) is 125 cm³/mol. The summed E-state index contributed by atoms with van der Waals surface area (Å²) >= 11 is 0. The molecule has 0 unspecified atom stereocenters.